The van der Waals surface area contributed by atoms with Crippen LogP contribution in [0.5, 0.6) is 0 Å². The molecule has 0 saturated heterocycles. The van der Waals surface area contributed by atoms with E-state index in [1.54, 1.807) is 29.5 Å². The Kier molecular flexibility index (Phi) is 7.42. The zero-order valence-corrected chi connectivity index (χ0v) is 27.3. The zero-order chi connectivity index (χ0) is 34.1. The molecule has 2 aromatic carbocycles. The Bertz CT molecular complexity index is 2790. The molecular formula is C37H28N14. The first-order chi connectivity index (χ1) is 25.1. The summed E-state index contributed by atoms with van der Waals surface area (Å²) in [4.78, 5) is 18.2. The summed E-state index contributed by atoms with van der Waals surface area (Å²) in [6, 6.07) is 28.2. The highest BCUT2D eigenvalue weighted by molar-refractivity contribution is 5.80. The fourth-order valence-corrected chi connectivity index (χ4v) is 5.98. The predicted molar refractivity (Wildman–Crippen MR) is 192 cm³/mol. The molecule has 0 atom stereocenters. The molecular weight excluding hydrogens is 641 g/mol. The maximum Gasteiger partial charge on any atom is 0.179 e. The summed E-state index contributed by atoms with van der Waals surface area (Å²) in [5.74, 6) is 0. The highest BCUT2D eigenvalue weighted by atomic mass is 15.4. The van der Waals surface area contributed by atoms with Gasteiger partial charge in [-0.2, -0.15) is 10.2 Å². The van der Waals surface area contributed by atoms with E-state index in [0.717, 1.165) is 77.8 Å². The van der Waals surface area contributed by atoms with E-state index in [1.807, 2.05) is 77.3 Å². The van der Waals surface area contributed by atoms with Crippen LogP contribution in [0, 0.1) is 0 Å². The van der Waals surface area contributed by atoms with E-state index in [9.17, 15) is 0 Å². The van der Waals surface area contributed by atoms with Gasteiger partial charge in [0, 0.05) is 53.7 Å². The molecule has 0 saturated carbocycles. The van der Waals surface area contributed by atoms with E-state index in [1.165, 1.54) is 0 Å². The van der Waals surface area contributed by atoms with Gasteiger partial charge in [-0.15, -0.1) is 10.2 Å². The van der Waals surface area contributed by atoms with E-state index in [0.29, 0.717) is 13.1 Å². The molecule has 10 rings (SSSR count). The summed E-state index contributed by atoms with van der Waals surface area (Å²) in [7, 11) is 1.89. The third-order valence-corrected chi connectivity index (χ3v) is 8.51. The molecule has 0 aliphatic carbocycles. The molecule has 10 aromatic rings. The summed E-state index contributed by atoms with van der Waals surface area (Å²) in [5, 5.41) is 30.2. The van der Waals surface area contributed by atoms with Gasteiger partial charge < -0.3 is 0 Å². The highest BCUT2D eigenvalue weighted by Crippen LogP contribution is 2.22. The van der Waals surface area contributed by atoms with E-state index in [2.05, 4.69) is 82.3 Å². The Morgan fingerprint density at radius 2 is 1.18 bits per heavy atom. The molecule has 14 nitrogen and oxygen atoms in total. The van der Waals surface area contributed by atoms with Gasteiger partial charge in [-0.05, 0) is 71.8 Å². The van der Waals surface area contributed by atoms with Gasteiger partial charge in [-0.1, -0.05) is 34.7 Å². The number of nitrogens with zero attached hydrogens (tertiary/aromatic N) is 13. The van der Waals surface area contributed by atoms with Crippen LogP contribution in [-0.4, -0.2) is 69.9 Å². The van der Waals surface area contributed by atoms with Crippen LogP contribution in [0.15, 0.2) is 122 Å². The van der Waals surface area contributed by atoms with Crippen LogP contribution >= 0.6 is 0 Å². The number of benzene rings is 2. The molecule has 0 spiro atoms. The van der Waals surface area contributed by atoms with Crippen LogP contribution in [0.1, 0.15) is 11.1 Å². The molecule has 0 unspecified atom stereocenters. The molecule has 8 aromatic heterocycles. The number of aryl methyl sites for hydroxylation is 1. The lowest BCUT2D eigenvalue weighted by Crippen LogP contribution is -2.03. The Morgan fingerprint density at radius 3 is 1.71 bits per heavy atom. The third-order valence-electron chi connectivity index (χ3n) is 8.51. The number of H-pyrrole nitrogens is 1. The van der Waals surface area contributed by atoms with Crippen molar-refractivity contribution in [3.05, 3.63) is 133 Å². The van der Waals surface area contributed by atoms with Gasteiger partial charge in [-0.3, -0.25) is 19.7 Å². The largest absolute Gasteiger partial charge is 0.285 e. The van der Waals surface area contributed by atoms with Crippen molar-refractivity contribution in [3.8, 4) is 22.5 Å². The fraction of sp³-hybridized carbons (Fsp3) is 0.0811. The number of hydrogen-bond acceptors (Lipinski definition) is 10. The van der Waals surface area contributed by atoms with Crippen LogP contribution in [0.3, 0.4) is 0 Å². The molecule has 0 amide bonds. The summed E-state index contributed by atoms with van der Waals surface area (Å²) < 4.78 is 5.41. The van der Waals surface area contributed by atoms with Gasteiger partial charge in [0.25, 0.3) is 0 Å². The van der Waals surface area contributed by atoms with Gasteiger partial charge in [0.15, 0.2) is 11.3 Å². The molecule has 14 heteroatoms. The Labute approximate surface area is 289 Å². The Balaban J connectivity index is 0.000000137. The molecule has 0 aliphatic rings. The van der Waals surface area contributed by atoms with Crippen LogP contribution in [0.4, 0.5) is 0 Å². The minimum atomic E-state index is 0.600. The van der Waals surface area contributed by atoms with Gasteiger partial charge in [0.05, 0.1) is 47.9 Å². The molecule has 0 radical (unpaired) electrons. The van der Waals surface area contributed by atoms with Crippen LogP contribution < -0.4 is 0 Å². The van der Waals surface area contributed by atoms with E-state index in [4.69, 9.17) is 9.97 Å². The first-order valence-electron chi connectivity index (χ1n) is 16.2. The SMILES string of the molecule is Cn1cc(-c2ccc3nnn(Cc4ccc5ncccc5c4)c3n2)cn1.c1cnc2ccc(Cn3nnc4ccc(-c5cn[nH]c5)nc43)cc2c1. The normalized spacial score (nSPS) is 11.4. The molecule has 51 heavy (non-hydrogen) atoms. The monoisotopic (exact) mass is 668 g/mol. The number of pyridine rings is 4. The third kappa shape index (κ3) is 6.01. The van der Waals surface area contributed by atoms with Crippen molar-refractivity contribution < 1.29 is 0 Å². The van der Waals surface area contributed by atoms with Crippen molar-refractivity contribution in [2.75, 3.05) is 0 Å². The number of fused-ring (bicyclic) bond motifs is 4. The molecule has 246 valence electrons. The second-order valence-electron chi connectivity index (χ2n) is 12.0. The fourth-order valence-electron chi connectivity index (χ4n) is 5.98. The van der Waals surface area contributed by atoms with E-state index in [-0.39, 0.29) is 0 Å². The van der Waals surface area contributed by atoms with Crippen LogP contribution in [0.25, 0.3) is 66.6 Å². The maximum absolute atomic E-state index is 4.75. The van der Waals surface area contributed by atoms with Crippen molar-refractivity contribution in [1.82, 2.24) is 69.9 Å². The number of aromatic amines is 1. The molecule has 0 bridgehead atoms. The average Bonchev–Trinajstić information content (AvgIpc) is 4.00. The van der Waals surface area contributed by atoms with Crippen LogP contribution in [0.2, 0.25) is 0 Å². The van der Waals surface area contributed by atoms with Crippen molar-refractivity contribution in [1.29, 1.82) is 0 Å². The maximum atomic E-state index is 4.75. The van der Waals surface area contributed by atoms with Crippen molar-refractivity contribution in [2.45, 2.75) is 13.1 Å². The highest BCUT2D eigenvalue weighted by Gasteiger charge is 2.12. The lowest BCUT2D eigenvalue weighted by molar-refractivity contribution is 0.665. The lowest BCUT2D eigenvalue weighted by atomic mass is 10.1. The molecule has 0 fully saturated rings. The zero-order valence-electron chi connectivity index (χ0n) is 27.3. The number of rotatable bonds is 6. The smallest absolute Gasteiger partial charge is 0.179 e. The summed E-state index contributed by atoms with van der Waals surface area (Å²) in [6.45, 7) is 1.20. The molecule has 1 N–H and O–H groups in total. The van der Waals surface area contributed by atoms with Gasteiger partial charge in [0.2, 0.25) is 0 Å². The Morgan fingerprint density at radius 1 is 0.608 bits per heavy atom. The van der Waals surface area contributed by atoms with Crippen molar-refractivity contribution in [3.63, 3.8) is 0 Å². The first kappa shape index (κ1) is 29.9. The quantitative estimate of drug-likeness (QED) is 0.235. The minimum Gasteiger partial charge on any atom is -0.285 e. The van der Waals surface area contributed by atoms with E-state index < -0.39 is 0 Å². The number of nitrogens with one attached hydrogen (secondary N) is 1. The Hall–Kier alpha value is -7.22. The number of aromatic nitrogens is 14. The minimum absolute atomic E-state index is 0.600. The van der Waals surface area contributed by atoms with Gasteiger partial charge in [-0.25, -0.2) is 19.3 Å². The molecule has 8 heterocycles. The molecule has 0 aliphatic heterocycles. The predicted octanol–water partition coefficient (Wildman–Crippen LogP) is 5.64. The number of hydrogen-bond donors (Lipinski definition) is 1. The van der Waals surface area contributed by atoms with Crippen molar-refractivity contribution >= 4 is 44.1 Å². The topological polar surface area (TPSA) is 159 Å². The van der Waals surface area contributed by atoms with Crippen LogP contribution in [-0.2, 0) is 20.1 Å². The summed E-state index contributed by atoms with van der Waals surface area (Å²) >= 11 is 0. The van der Waals surface area contributed by atoms with Gasteiger partial charge in [0.1, 0.15) is 11.0 Å². The first-order valence-corrected chi connectivity index (χ1v) is 16.2. The summed E-state index contributed by atoms with van der Waals surface area (Å²) in [5.41, 5.74) is 10.9. The van der Waals surface area contributed by atoms with E-state index >= 15 is 0 Å². The standard InChI is InChI=1S/C19H15N7.C18H13N7/c1-25-12-15(10-21-25)17-6-7-18-19(22-17)26(24-23-18)11-13-4-5-16-14(9-13)3-2-8-20-16;1-2-13-8-12(3-4-15(13)19-7-1)11-25-18-17(23-24-25)6-5-16(22-18)14-9-20-21-10-14/h2-10,12H,11H2,1H3;1-10H,11H2,(H,20,21). The van der Waals surface area contributed by atoms with Gasteiger partial charge >= 0.3 is 0 Å². The average molecular weight is 669 g/mol. The lowest BCUT2D eigenvalue weighted by Gasteiger charge is -2.05. The summed E-state index contributed by atoms with van der Waals surface area (Å²) in [6.07, 6.45) is 10.9. The van der Waals surface area contributed by atoms with Crippen molar-refractivity contribution in [2.24, 2.45) is 7.05 Å². The second kappa shape index (κ2) is 12.7. The second-order valence-corrected chi connectivity index (χ2v) is 12.0.